The van der Waals surface area contributed by atoms with Gasteiger partial charge in [-0.1, -0.05) is 25.5 Å². The summed E-state index contributed by atoms with van der Waals surface area (Å²) in [5, 5.41) is 0. The monoisotopic (exact) mass is 273 g/mol. The Morgan fingerprint density at radius 3 is 2.55 bits per heavy atom. The lowest BCUT2D eigenvalue weighted by Gasteiger charge is -2.08. The van der Waals surface area contributed by atoms with Crippen molar-refractivity contribution in [1.82, 2.24) is 9.97 Å². The Hall–Kier alpha value is -2.14. The maximum atomic E-state index is 5.72. The highest BCUT2D eigenvalue weighted by Gasteiger charge is 2.05. The van der Waals surface area contributed by atoms with Crippen LogP contribution in [0.25, 0.3) is 0 Å². The maximum absolute atomic E-state index is 5.72. The smallest absolute Gasteiger partial charge is 0.224 e. The van der Waals surface area contributed by atoms with E-state index in [1.165, 1.54) is 5.56 Å². The van der Waals surface area contributed by atoms with E-state index in [0.29, 0.717) is 24.1 Å². The number of anilines is 1. The van der Waals surface area contributed by atoms with Gasteiger partial charge in [0.1, 0.15) is 18.2 Å². The molecule has 0 fully saturated rings. The second-order valence-electron chi connectivity index (χ2n) is 4.48. The molecule has 0 saturated carbocycles. The first-order chi connectivity index (χ1) is 9.71. The van der Waals surface area contributed by atoms with Crippen LogP contribution in [0.15, 0.2) is 30.3 Å². The first-order valence-corrected chi connectivity index (χ1v) is 6.60. The van der Waals surface area contributed by atoms with Gasteiger partial charge in [0.25, 0.3) is 0 Å². The van der Waals surface area contributed by atoms with E-state index in [2.05, 4.69) is 29.0 Å². The summed E-state index contributed by atoms with van der Waals surface area (Å²) in [6.07, 6.45) is 2.20. The van der Waals surface area contributed by atoms with Crippen LogP contribution < -0.4 is 10.5 Å². The van der Waals surface area contributed by atoms with Crippen molar-refractivity contribution < 1.29 is 9.47 Å². The molecule has 2 aromatic rings. The van der Waals surface area contributed by atoms with Crippen LogP contribution in [0.4, 0.5) is 5.82 Å². The SMILES string of the molecule is CCCc1ccc(Oc2cc(N)nc(COC)n2)cc1. The fraction of sp³-hybridized carbons (Fsp3) is 0.333. The van der Waals surface area contributed by atoms with Gasteiger partial charge in [0.05, 0.1) is 0 Å². The van der Waals surface area contributed by atoms with Crippen LogP contribution in [0.3, 0.4) is 0 Å². The third-order valence-electron chi connectivity index (χ3n) is 2.73. The molecule has 0 aliphatic carbocycles. The highest BCUT2D eigenvalue weighted by molar-refractivity contribution is 5.36. The zero-order valence-corrected chi connectivity index (χ0v) is 11.8. The molecule has 0 atom stereocenters. The van der Waals surface area contributed by atoms with Crippen molar-refractivity contribution in [2.45, 2.75) is 26.4 Å². The van der Waals surface area contributed by atoms with Gasteiger partial charge >= 0.3 is 0 Å². The lowest BCUT2D eigenvalue weighted by molar-refractivity contribution is 0.177. The van der Waals surface area contributed by atoms with Gasteiger partial charge in [-0.3, -0.25) is 0 Å². The van der Waals surface area contributed by atoms with Crippen molar-refractivity contribution in [3.8, 4) is 11.6 Å². The molecule has 0 aliphatic rings. The summed E-state index contributed by atoms with van der Waals surface area (Å²) >= 11 is 0. The van der Waals surface area contributed by atoms with Gasteiger partial charge in [-0.05, 0) is 24.1 Å². The Kier molecular flexibility index (Phi) is 4.90. The maximum Gasteiger partial charge on any atom is 0.224 e. The summed E-state index contributed by atoms with van der Waals surface area (Å²) < 4.78 is 10.7. The molecule has 0 spiro atoms. The number of aryl methyl sites for hydroxylation is 1. The Morgan fingerprint density at radius 2 is 1.90 bits per heavy atom. The third-order valence-corrected chi connectivity index (χ3v) is 2.73. The first-order valence-electron chi connectivity index (χ1n) is 6.60. The van der Waals surface area contributed by atoms with Crippen LogP contribution in [-0.2, 0) is 17.8 Å². The lowest BCUT2D eigenvalue weighted by atomic mass is 10.1. The molecule has 1 aromatic carbocycles. The van der Waals surface area contributed by atoms with Gasteiger partial charge in [-0.15, -0.1) is 0 Å². The van der Waals surface area contributed by atoms with E-state index in [0.717, 1.165) is 18.6 Å². The Bertz CT molecular complexity index is 556. The second-order valence-corrected chi connectivity index (χ2v) is 4.48. The quantitative estimate of drug-likeness (QED) is 0.876. The molecule has 0 unspecified atom stereocenters. The fourth-order valence-corrected chi connectivity index (χ4v) is 1.87. The minimum atomic E-state index is 0.302. The predicted octanol–water partition coefficient (Wildman–Crippen LogP) is 2.95. The minimum Gasteiger partial charge on any atom is -0.439 e. The summed E-state index contributed by atoms with van der Waals surface area (Å²) in [6.45, 7) is 2.46. The van der Waals surface area contributed by atoms with Gasteiger partial charge in [-0.25, -0.2) is 4.98 Å². The number of ether oxygens (including phenoxy) is 2. The van der Waals surface area contributed by atoms with E-state index in [-0.39, 0.29) is 0 Å². The fourth-order valence-electron chi connectivity index (χ4n) is 1.87. The van der Waals surface area contributed by atoms with Crippen LogP contribution in [0, 0.1) is 0 Å². The van der Waals surface area contributed by atoms with E-state index >= 15 is 0 Å². The zero-order chi connectivity index (χ0) is 14.4. The van der Waals surface area contributed by atoms with Gasteiger partial charge in [-0.2, -0.15) is 4.98 Å². The molecule has 0 radical (unpaired) electrons. The highest BCUT2D eigenvalue weighted by atomic mass is 16.5. The molecule has 5 heteroatoms. The number of methoxy groups -OCH3 is 1. The molecule has 5 nitrogen and oxygen atoms in total. The number of benzene rings is 1. The first kappa shape index (κ1) is 14.3. The molecular formula is C15H19N3O2. The normalized spacial score (nSPS) is 10.5. The number of rotatable bonds is 6. The summed E-state index contributed by atoms with van der Waals surface area (Å²) in [5.74, 6) is 2.02. The number of nitrogens with zero attached hydrogens (tertiary/aromatic N) is 2. The second kappa shape index (κ2) is 6.86. The summed E-state index contributed by atoms with van der Waals surface area (Å²) in [5.41, 5.74) is 7.01. The largest absolute Gasteiger partial charge is 0.439 e. The van der Waals surface area contributed by atoms with Crippen molar-refractivity contribution in [3.63, 3.8) is 0 Å². The summed E-state index contributed by atoms with van der Waals surface area (Å²) in [4.78, 5) is 8.30. The van der Waals surface area contributed by atoms with Crippen molar-refractivity contribution in [2.75, 3.05) is 12.8 Å². The van der Waals surface area contributed by atoms with Gasteiger partial charge in [0.15, 0.2) is 5.82 Å². The molecule has 2 N–H and O–H groups in total. The van der Waals surface area contributed by atoms with E-state index < -0.39 is 0 Å². The minimum absolute atomic E-state index is 0.302. The van der Waals surface area contributed by atoms with Crippen molar-refractivity contribution in [2.24, 2.45) is 0 Å². The Morgan fingerprint density at radius 1 is 1.15 bits per heavy atom. The Labute approximate surface area is 118 Å². The van der Waals surface area contributed by atoms with Gasteiger partial charge in [0, 0.05) is 13.2 Å². The molecule has 2 rings (SSSR count). The van der Waals surface area contributed by atoms with Crippen LogP contribution in [0.1, 0.15) is 24.7 Å². The van der Waals surface area contributed by atoms with Gasteiger partial charge in [0.2, 0.25) is 5.88 Å². The summed E-state index contributed by atoms with van der Waals surface area (Å²) in [7, 11) is 1.58. The molecule has 20 heavy (non-hydrogen) atoms. The number of nitrogen functional groups attached to an aromatic ring is 1. The number of hydrogen-bond acceptors (Lipinski definition) is 5. The zero-order valence-electron chi connectivity index (χ0n) is 11.8. The molecule has 1 aromatic heterocycles. The summed E-state index contributed by atoms with van der Waals surface area (Å²) in [6, 6.07) is 9.57. The average molecular weight is 273 g/mol. The molecule has 0 amide bonds. The van der Waals surface area contributed by atoms with E-state index in [1.54, 1.807) is 13.2 Å². The topological polar surface area (TPSA) is 70.3 Å². The van der Waals surface area contributed by atoms with Crippen LogP contribution in [0.5, 0.6) is 11.6 Å². The van der Waals surface area contributed by atoms with Crippen LogP contribution >= 0.6 is 0 Å². The van der Waals surface area contributed by atoms with E-state index in [9.17, 15) is 0 Å². The molecular weight excluding hydrogens is 254 g/mol. The van der Waals surface area contributed by atoms with Crippen LogP contribution in [-0.4, -0.2) is 17.1 Å². The number of hydrogen-bond donors (Lipinski definition) is 1. The predicted molar refractivity (Wildman–Crippen MR) is 77.7 cm³/mol. The van der Waals surface area contributed by atoms with Crippen LogP contribution in [0.2, 0.25) is 0 Å². The lowest BCUT2D eigenvalue weighted by Crippen LogP contribution is -2.02. The third kappa shape index (κ3) is 3.93. The van der Waals surface area contributed by atoms with Gasteiger partial charge < -0.3 is 15.2 Å². The molecule has 0 aliphatic heterocycles. The number of aromatic nitrogens is 2. The van der Waals surface area contributed by atoms with E-state index in [1.807, 2.05) is 12.1 Å². The molecule has 1 heterocycles. The van der Waals surface area contributed by atoms with E-state index in [4.69, 9.17) is 15.2 Å². The number of nitrogens with two attached hydrogens (primary N) is 1. The Balaban J connectivity index is 2.12. The van der Waals surface area contributed by atoms with Crippen molar-refractivity contribution in [3.05, 3.63) is 41.7 Å². The average Bonchev–Trinajstić information content (AvgIpc) is 2.41. The standard InChI is InChI=1S/C15H19N3O2/c1-3-4-11-5-7-12(8-6-11)20-15-9-13(16)17-14(18-15)10-19-2/h5-9H,3-4,10H2,1-2H3,(H2,16,17,18). The molecule has 0 saturated heterocycles. The highest BCUT2D eigenvalue weighted by Crippen LogP contribution is 2.21. The molecule has 0 bridgehead atoms. The van der Waals surface area contributed by atoms with Crippen molar-refractivity contribution >= 4 is 5.82 Å². The van der Waals surface area contributed by atoms with Crippen molar-refractivity contribution in [1.29, 1.82) is 0 Å². The molecule has 106 valence electrons.